The topological polar surface area (TPSA) is 173 Å². The SMILES string of the molecule is C[C@H]1CC/C=C\[C@@H]2C[C@@]2(C(=O)NS(=O)(=O)C2CC2)NC(=O)[C@@H]2C[C@@H](Oc3nc4ccccc4c4ccccc34)CN2C(=O)[C@@H](NC(=O)OC(C)(C)C)[C@H](C)C1. The number of fused-ring (bicyclic) bond motifs is 5. The molecule has 0 bridgehead atoms. The summed E-state index contributed by atoms with van der Waals surface area (Å²) in [5.74, 6) is -2.13. The lowest BCUT2D eigenvalue weighted by Crippen LogP contribution is -2.59. The van der Waals surface area contributed by atoms with Gasteiger partial charge in [0.15, 0.2) is 0 Å². The van der Waals surface area contributed by atoms with E-state index in [2.05, 4.69) is 22.3 Å². The van der Waals surface area contributed by atoms with Gasteiger partial charge in [0.1, 0.15) is 29.3 Å². The number of nitrogens with one attached hydrogen (secondary N) is 3. The van der Waals surface area contributed by atoms with Gasteiger partial charge in [-0.15, -0.1) is 0 Å². The molecule has 0 radical (unpaired) electrons. The Bertz CT molecular complexity index is 2150. The number of benzene rings is 2. The van der Waals surface area contributed by atoms with Crippen molar-refractivity contribution in [1.82, 2.24) is 25.2 Å². The summed E-state index contributed by atoms with van der Waals surface area (Å²) >= 11 is 0. The molecule has 294 valence electrons. The standard InChI is InChI=1S/C41H51N5O8S/c1-24-12-6-7-13-26-22-41(26,38(49)45-55(51,52)28-18-19-28)44-35(47)33-21-27(23-46(33)37(48)34(25(2)20-24)43-39(50)54-40(3,4)5)53-36-31-16-9-8-14-29(31)30-15-10-11-17-32(30)42-36/h7-11,13-17,24-28,33-34H,6,12,18-23H2,1-5H3,(H,43,50)(H,44,47)(H,45,49)/b13-7-/t24-,25+,26+,27+,33-,34-,41+/m0/s1. The predicted octanol–water partition coefficient (Wildman–Crippen LogP) is 5.13. The second-order valence-corrected chi connectivity index (χ2v) is 18.8. The number of ether oxygens (including phenoxy) is 2. The van der Waals surface area contributed by atoms with Crippen LogP contribution < -0.4 is 20.1 Å². The molecule has 2 aliphatic heterocycles. The van der Waals surface area contributed by atoms with Crippen molar-refractivity contribution >= 4 is 55.5 Å². The third-order valence-electron chi connectivity index (χ3n) is 11.1. The number of aromatic nitrogens is 1. The Morgan fingerprint density at radius 2 is 1.65 bits per heavy atom. The van der Waals surface area contributed by atoms with Gasteiger partial charge in [-0.3, -0.25) is 19.1 Å². The summed E-state index contributed by atoms with van der Waals surface area (Å²) in [6.45, 7) is 9.21. The van der Waals surface area contributed by atoms with Crippen LogP contribution in [0, 0.1) is 17.8 Å². The zero-order valence-corrected chi connectivity index (χ0v) is 32.9. The number of pyridine rings is 1. The van der Waals surface area contributed by atoms with E-state index in [-0.39, 0.29) is 31.2 Å². The van der Waals surface area contributed by atoms with Gasteiger partial charge in [-0.2, -0.15) is 0 Å². The van der Waals surface area contributed by atoms with E-state index in [1.165, 1.54) is 4.90 Å². The van der Waals surface area contributed by atoms with Crippen molar-refractivity contribution in [1.29, 1.82) is 0 Å². The van der Waals surface area contributed by atoms with Crippen LogP contribution in [0.4, 0.5) is 4.79 Å². The van der Waals surface area contributed by atoms with Crippen LogP contribution in [-0.4, -0.2) is 83.2 Å². The molecule has 1 saturated heterocycles. The highest BCUT2D eigenvalue weighted by atomic mass is 32.2. The van der Waals surface area contributed by atoms with E-state index in [1.807, 2.05) is 67.6 Å². The quantitative estimate of drug-likeness (QED) is 0.227. The number of carbonyl (C=O) groups excluding carboxylic acids is 4. The molecule has 2 aliphatic carbocycles. The second-order valence-electron chi connectivity index (χ2n) is 16.9. The molecule has 7 atom stereocenters. The highest BCUT2D eigenvalue weighted by Crippen LogP contribution is 2.46. The van der Waals surface area contributed by atoms with E-state index in [0.29, 0.717) is 31.6 Å². The van der Waals surface area contributed by atoms with E-state index in [1.54, 1.807) is 20.8 Å². The second kappa shape index (κ2) is 14.7. The first-order chi connectivity index (χ1) is 26.0. The first-order valence-corrected chi connectivity index (χ1v) is 20.9. The van der Waals surface area contributed by atoms with E-state index in [0.717, 1.165) is 28.1 Å². The Hall–Kier alpha value is -4.72. The minimum atomic E-state index is -3.90. The molecule has 3 aromatic rings. The molecule has 4 aliphatic rings. The molecule has 4 amide bonds. The predicted molar refractivity (Wildman–Crippen MR) is 207 cm³/mol. The fraction of sp³-hybridized carbons (Fsp3) is 0.537. The summed E-state index contributed by atoms with van der Waals surface area (Å²) in [7, 11) is -3.90. The summed E-state index contributed by atoms with van der Waals surface area (Å²) in [6, 6.07) is 13.3. The van der Waals surface area contributed by atoms with E-state index in [4.69, 9.17) is 14.5 Å². The molecule has 3 heterocycles. The lowest BCUT2D eigenvalue weighted by molar-refractivity contribution is -0.142. The number of alkyl carbamates (subject to hydrolysis) is 1. The van der Waals surface area contributed by atoms with Crippen LogP contribution in [0.5, 0.6) is 5.88 Å². The molecule has 7 rings (SSSR count). The monoisotopic (exact) mass is 773 g/mol. The van der Waals surface area contributed by atoms with Gasteiger partial charge in [0.05, 0.1) is 17.3 Å². The number of hydrogen-bond acceptors (Lipinski definition) is 9. The first-order valence-electron chi connectivity index (χ1n) is 19.3. The summed E-state index contributed by atoms with van der Waals surface area (Å²) in [4.78, 5) is 62.7. The Kier molecular flexibility index (Phi) is 10.3. The van der Waals surface area contributed by atoms with Crippen molar-refractivity contribution in [2.45, 2.75) is 114 Å². The number of carbonyl (C=O) groups is 4. The summed E-state index contributed by atoms with van der Waals surface area (Å²) in [5, 5.41) is 7.78. The van der Waals surface area contributed by atoms with E-state index in [9.17, 15) is 27.6 Å². The van der Waals surface area contributed by atoms with Gasteiger partial charge in [-0.1, -0.05) is 62.4 Å². The molecule has 3 N–H and O–H groups in total. The van der Waals surface area contributed by atoms with Crippen LogP contribution in [0.1, 0.15) is 79.6 Å². The highest BCUT2D eigenvalue weighted by Gasteiger charge is 2.62. The fourth-order valence-electron chi connectivity index (χ4n) is 8.05. The van der Waals surface area contributed by atoms with Gasteiger partial charge >= 0.3 is 6.09 Å². The van der Waals surface area contributed by atoms with Gasteiger partial charge in [-0.25, -0.2) is 18.2 Å². The molecule has 1 aromatic heterocycles. The van der Waals surface area contributed by atoms with Crippen LogP contribution in [-0.2, 0) is 29.1 Å². The van der Waals surface area contributed by atoms with Crippen molar-refractivity contribution in [3.8, 4) is 5.88 Å². The molecule has 0 spiro atoms. The van der Waals surface area contributed by atoms with Crippen molar-refractivity contribution in [3.05, 3.63) is 60.7 Å². The van der Waals surface area contributed by atoms with Crippen LogP contribution in [0.25, 0.3) is 21.7 Å². The number of nitrogens with zero attached hydrogens (tertiary/aromatic N) is 2. The first kappa shape index (κ1) is 38.6. The van der Waals surface area contributed by atoms with Gasteiger partial charge in [0, 0.05) is 23.1 Å². The number of allylic oxidation sites excluding steroid dienone is 1. The minimum Gasteiger partial charge on any atom is -0.472 e. The molecule has 14 heteroatoms. The van der Waals surface area contributed by atoms with E-state index >= 15 is 0 Å². The van der Waals surface area contributed by atoms with Crippen LogP contribution >= 0.6 is 0 Å². The largest absolute Gasteiger partial charge is 0.472 e. The summed E-state index contributed by atoms with van der Waals surface area (Å²) in [5.41, 5.74) is -1.60. The Balaban J connectivity index is 1.24. The van der Waals surface area contributed by atoms with Gasteiger partial charge in [-0.05, 0) is 88.7 Å². The number of rotatable bonds is 6. The average Bonchev–Trinajstić information content (AvgIpc) is 4.05. The average molecular weight is 774 g/mol. The highest BCUT2D eigenvalue weighted by molar-refractivity contribution is 7.91. The van der Waals surface area contributed by atoms with Crippen molar-refractivity contribution in [3.63, 3.8) is 0 Å². The maximum absolute atomic E-state index is 14.8. The van der Waals surface area contributed by atoms with Crippen LogP contribution in [0.2, 0.25) is 0 Å². The van der Waals surface area contributed by atoms with Gasteiger partial charge in [0.2, 0.25) is 27.7 Å². The van der Waals surface area contributed by atoms with Crippen molar-refractivity contribution in [2.24, 2.45) is 17.8 Å². The Morgan fingerprint density at radius 1 is 0.964 bits per heavy atom. The molecule has 3 fully saturated rings. The zero-order valence-electron chi connectivity index (χ0n) is 32.0. The maximum atomic E-state index is 14.8. The third kappa shape index (κ3) is 8.29. The molecule has 13 nitrogen and oxygen atoms in total. The van der Waals surface area contributed by atoms with E-state index < -0.39 is 74.3 Å². The lowest BCUT2D eigenvalue weighted by Gasteiger charge is -2.33. The van der Waals surface area contributed by atoms with Crippen LogP contribution in [0.15, 0.2) is 60.7 Å². The molecule has 2 saturated carbocycles. The lowest BCUT2D eigenvalue weighted by atomic mass is 9.88. The smallest absolute Gasteiger partial charge is 0.408 e. The number of hydrogen-bond donors (Lipinski definition) is 3. The maximum Gasteiger partial charge on any atom is 0.408 e. The fourth-order valence-corrected chi connectivity index (χ4v) is 9.42. The summed E-state index contributed by atoms with van der Waals surface area (Å²) in [6.07, 6.45) is 5.69. The van der Waals surface area contributed by atoms with Crippen molar-refractivity contribution in [2.75, 3.05) is 6.54 Å². The number of sulfonamides is 1. The normalized spacial score (nSPS) is 29.6. The zero-order chi connectivity index (χ0) is 39.3. The molecule has 55 heavy (non-hydrogen) atoms. The summed E-state index contributed by atoms with van der Waals surface area (Å²) < 4.78 is 40.2. The Morgan fingerprint density at radius 3 is 2.36 bits per heavy atom. The van der Waals surface area contributed by atoms with Crippen molar-refractivity contribution < 1.29 is 37.1 Å². The van der Waals surface area contributed by atoms with Gasteiger partial charge < -0.3 is 25.0 Å². The molecular weight excluding hydrogens is 723 g/mol. The minimum absolute atomic E-state index is 0.00683. The molecule has 0 unspecified atom stereocenters. The van der Waals surface area contributed by atoms with Gasteiger partial charge in [0.25, 0.3) is 5.91 Å². The Labute approximate surface area is 322 Å². The molecule has 2 aromatic carbocycles. The number of amides is 4. The van der Waals surface area contributed by atoms with Crippen LogP contribution in [0.3, 0.4) is 0 Å². The number of para-hydroxylation sites is 1. The molecular formula is C41H51N5O8S. The third-order valence-corrected chi connectivity index (χ3v) is 13.0.